The smallest absolute Gasteiger partial charge is 0.0234 e. The predicted molar refractivity (Wildman–Crippen MR) is 94.7 cm³/mol. The molecular weight excluding hydrogens is 336 g/mol. The van der Waals surface area contributed by atoms with Crippen LogP contribution >= 0.6 is 15.9 Å². The molecule has 2 bridgehead atoms. The first-order chi connectivity index (χ1) is 10.8. The van der Waals surface area contributed by atoms with Crippen LogP contribution in [0.15, 0.2) is 40.9 Å². The fourth-order valence-electron chi connectivity index (χ4n) is 4.41. The molecule has 1 aliphatic heterocycles. The molecule has 1 aromatic carbocycles. The molecule has 0 spiro atoms. The summed E-state index contributed by atoms with van der Waals surface area (Å²) < 4.78 is 1.17. The Morgan fingerprint density at radius 1 is 0.909 bits per heavy atom. The minimum atomic E-state index is 0.894. The lowest BCUT2D eigenvalue weighted by Crippen LogP contribution is -2.47. The molecule has 0 amide bonds. The molecule has 22 heavy (non-hydrogen) atoms. The van der Waals surface area contributed by atoms with E-state index in [0.717, 1.165) is 24.3 Å². The van der Waals surface area contributed by atoms with Gasteiger partial charge >= 0.3 is 0 Å². The fourth-order valence-corrected chi connectivity index (χ4v) is 4.68. The SMILES string of the molecule is Brc1ccc(CN2CCN(CC3CC4C=CC3C4)CC2)cc1. The van der Waals surface area contributed by atoms with Crippen LogP contribution in [0.5, 0.6) is 0 Å². The first kappa shape index (κ1) is 14.9. The third kappa shape index (κ3) is 3.32. The van der Waals surface area contributed by atoms with E-state index in [1.807, 2.05) is 0 Å². The number of halogens is 1. The predicted octanol–water partition coefficient (Wildman–Crippen LogP) is 3.78. The van der Waals surface area contributed by atoms with Gasteiger partial charge in [0.15, 0.2) is 0 Å². The van der Waals surface area contributed by atoms with Crippen molar-refractivity contribution in [2.45, 2.75) is 19.4 Å². The molecule has 1 aromatic rings. The minimum Gasteiger partial charge on any atom is -0.300 e. The highest BCUT2D eigenvalue weighted by Crippen LogP contribution is 2.43. The van der Waals surface area contributed by atoms with Crippen molar-refractivity contribution >= 4 is 15.9 Å². The summed E-state index contributed by atoms with van der Waals surface area (Å²) in [6.45, 7) is 7.34. The van der Waals surface area contributed by atoms with Crippen LogP contribution in [0.3, 0.4) is 0 Å². The first-order valence-corrected chi connectivity index (χ1v) is 9.43. The van der Waals surface area contributed by atoms with Crippen molar-refractivity contribution in [2.75, 3.05) is 32.7 Å². The Hall–Kier alpha value is -0.640. The van der Waals surface area contributed by atoms with Gasteiger partial charge in [-0.3, -0.25) is 4.90 Å². The highest BCUT2D eigenvalue weighted by Gasteiger charge is 2.36. The highest BCUT2D eigenvalue weighted by molar-refractivity contribution is 9.10. The molecule has 3 aliphatic rings. The second-order valence-electron chi connectivity index (χ2n) is 7.24. The van der Waals surface area contributed by atoms with Crippen LogP contribution in [0.2, 0.25) is 0 Å². The lowest BCUT2D eigenvalue weighted by Gasteiger charge is -2.37. The normalized spacial score (nSPS) is 32.0. The van der Waals surface area contributed by atoms with E-state index in [2.05, 4.69) is 62.1 Å². The van der Waals surface area contributed by atoms with E-state index in [1.54, 1.807) is 0 Å². The molecule has 2 nitrogen and oxygen atoms in total. The van der Waals surface area contributed by atoms with Crippen molar-refractivity contribution in [1.82, 2.24) is 9.80 Å². The molecule has 4 rings (SSSR count). The topological polar surface area (TPSA) is 6.48 Å². The molecule has 3 heteroatoms. The summed E-state index contributed by atoms with van der Waals surface area (Å²) in [6.07, 6.45) is 7.83. The van der Waals surface area contributed by atoms with E-state index in [4.69, 9.17) is 0 Å². The van der Waals surface area contributed by atoms with Gasteiger partial charge in [0.05, 0.1) is 0 Å². The Bertz CT molecular complexity index is 531. The number of rotatable bonds is 4. The Kier molecular flexibility index (Phi) is 4.38. The van der Waals surface area contributed by atoms with E-state index < -0.39 is 0 Å². The third-order valence-corrected chi connectivity index (χ3v) is 6.22. The monoisotopic (exact) mass is 360 g/mol. The fraction of sp³-hybridized carbons (Fsp3) is 0.579. The van der Waals surface area contributed by atoms with Crippen molar-refractivity contribution in [3.63, 3.8) is 0 Å². The molecule has 1 saturated carbocycles. The van der Waals surface area contributed by atoms with Gasteiger partial charge in [-0.15, -0.1) is 0 Å². The van der Waals surface area contributed by atoms with Crippen LogP contribution in [0, 0.1) is 17.8 Å². The molecule has 0 N–H and O–H groups in total. The summed E-state index contributed by atoms with van der Waals surface area (Å²) in [6, 6.07) is 8.76. The summed E-state index contributed by atoms with van der Waals surface area (Å²) in [5, 5.41) is 0. The van der Waals surface area contributed by atoms with Gasteiger partial charge in [-0.25, -0.2) is 0 Å². The van der Waals surface area contributed by atoms with Crippen LogP contribution < -0.4 is 0 Å². The summed E-state index contributed by atoms with van der Waals surface area (Å²) in [5.74, 6) is 2.74. The number of piperazine rings is 1. The van der Waals surface area contributed by atoms with E-state index in [-0.39, 0.29) is 0 Å². The first-order valence-electron chi connectivity index (χ1n) is 8.64. The average Bonchev–Trinajstić information content (AvgIpc) is 3.14. The molecule has 0 aromatic heterocycles. The lowest BCUT2D eigenvalue weighted by atomic mass is 9.93. The van der Waals surface area contributed by atoms with Crippen LogP contribution in [0.4, 0.5) is 0 Å². The van der Waals surface area contributed by atoms with Crippen molar-refractivity contribution in [2.24, 2.45) is 17.8 Å². The summed E-state index contributed by atoms with van der Waals surface area (Å²) in [4.78, 5) is 5.30. The molecule has 2 fully saturated rings. The van der Waals surface area contributed by atoms with Gasteiger partial charge in [-0.2, -0.15) is 0 Å². The zero-order chi connectivity index (χ0) is 14.9. The number of fused-ring (bicyclic) bond motifs is 2. The molecule has 3 unspecified atom stereocenters. The largest absolute Gasteiger partial charge is 0.300 e. The van der Waals surface area contributed by atoms with Crippen molar-refractivity contribution < 1.29 is 0 Å². The molecule has 0 radical (unpaired) electrons. The van der Waals surface area contributed by atoms with Crippen LogP contribution in [0.25, 0.3) is 0 Å². The zero-order valence-electron chi connectivity index (χ0n) is 13.1. The lowest BCUT2D eigenvalue weighted by molar-refractivity contribution is 0.108. The molecule has 118 valence electrons. The van der Waals surface area contributed by atoms with Gasteiger partial charge in [-0.05, 0) is 48.3 Å². The summed E-state index contributed by atoms with van der Waals surface area (Å²) >= 11 is 3.51. The van der Waals surface area contributed by atoms with E-state index >= 15 is 0 Å². The number of allylic oxidation sites excluding steroid dienone is 2. The number of hydrogen-bond acceptors (Lipinski definition) is 2. The third-order valence-electron chi connectivity index (χ3n) is 5.69. The second kappa shape index (κ2) is 6.46. The quantitative estimate of drug-likeness (QED) is 0.753. The average molecular weight is 361 g/mol. The molecule has 2 aliphatic carbocycles. The molecule has 3 atom stereocenters. The van der Waals surface area contributed by atoms with E-state index in [9.17, 15) is 0 Å². The van der Waals surface area contributed by atoms with Gasteiger partial charge in [0, 0.05) is 43.7 Å². The molecule has 1 saturated heterocycles. The zero-order valence-corrected chi connectivity index (χ0v) is 14.7. The molecule has 1 heterocycles. The van der Waals surface area contributed by atoms with Crippen LogP contribution in [-0.4, -0.2) is 42.5 Å². The van der Waals surface area contributed by atoms with Gasteiger partial charge in [-0.1, -0.05) is 40.2 Å². The van der Waals surface area contributed by atoms with Crippen molar-refractivity contribution in [3.05, 3.63) is 46.5 Å². The summed E-state index contributed by atoms with van der Waals surface area (Å²) in [5.41, 5.74) is 1.43. The van der Waals surface area contributed by atoms with Crippen LogP contribution in [-0.2, 0) is 6.54 Å². The van der Waals surface area contributed by atoms with Crippen molar-refractivity contribution in [3.8, 4) is 0 Å². The van der Waals surface area contributed by atoms with Crippen LogP contribution in [0.1, 0.15) is 18.4 Å². The van der Waals surface area contributed by atoms with Gasteiger partial charge in [0.2, 0.25) is 0 Å². The minimum absolute atomic E-state index is 0.894. The van der Waals surface area contributed by atoms with E-state index in [0.29, 0.717) is 0 Å². The molecular formula is C19H25BrN2. The Morgan fingerprint density at radius 2 is 1.64 bits per heavy atom. The number of benzene rings is 1. The Morgan fingerprint density at radius 3 is 2.27 bits per heavy atom. The second-order valence-corrected chi connectivity index (χ2v) is 8.16. The maximum atomic E-state index is 3.51. The highest BCUT2D eigenvalue weighted by atomic mass is 79.9. The summed E-state index contributed by atoms with van der Waals surface area (Å²) in [7, 11) is 0. The maximum absolute atomic E-state index is 3.51. The maximum Gasteiger partial charge on any atom is 0.0234 e. The van der Waals surface area contributed by atoms with Gasteiger partial charge in [0.25, 0.3) is 0 Å². The standard InChI is InChI=1S/C19H25BrN2/c20-19-5-2-15(3-6-19)13-21-7-9-22(10-8-21)14-18-12-16-1-4-17(18)11-16/h1-6,16-18H,7-14H2. The number of hydrogen-bond donors (Lipinski definition) is 0. The van der Waals surface area contributed by atoms with Crippen molar-refractivity contribution in [1.29, 1.82) is 0 Å². The number of nitrogens with zero attached hydrogens (tertiary/aromatic N) is 2. The Labute approximate surface area is 142 Å². The van der Waals surface area contributed by atoms with Gasteiger partial charge in [0.1, 0.15) is 0 Å². The van der Waals surface area contributed by atoms with Gasteiger partial charge < -0.3 is 4.90 Å². The Balaban J connectivity index is 1.24. The van der Waals surface area contributed by atoms with E-state index in [1.165, 1.54) is 55.6 Å².